The smallest absolute Gasteiger partial charge is 0.119 e. The van der Waals surface area contributed by atoms with Crippen LogP contribution in [-0.4, -0.2) is 38.0 Å². The van der Waals surface area contributed by atoms with Crippen molar-refractivity contribution in [3.63, 3.8) is 0 Å². The van der Waals surface area contributed by atoms with Gasteiger partial charge < -0.3 is 29.1 Å². The van der Waals surface area contributed by atoms with Gasteiger partial charge in [-0.05, 0) is 132 Å². The van der Waals surface area contributed by atoms with Crippen LogP contribution in [0.1, 0.15) is 85.0 Å². The van der Waals surface area contributed by atoms with Crippen LogP contribution in [0.5, 0.6) is 23.0 Å². The molecule has 0 saturated heterocycles. The Balaban J connectivity index is 0.000000180. The van der Waals surface area contributed by atoms with E-state index in [0.29, 0.717) is 12.4 Å². The molecule has 2 unspecified atom stereocenters. The molecule has 6 nitrogen and oxygen atoms in total. The molecule has 8 rings (SSSR count). The Kier molecular flexibility index (Phi) is 14.3. The third-order valence-electron chi connectivity index (χ3n) is 11.2. The van der Waals surface area contributed by atoms with Crippen molar-refractivity contribution in [2.45, 2.75) is 64.5 Å². The van der Waals surface area contributed by atoms with Crippen molar-refractivity contribution in [2.75, 3.05) is 42.7 Å². The number of unbranched alkanes of at least 4 members (excludes halogenated alkanes) is 2. The number of benzene rings is 6. The van der Waals surface area contributed by atoms with Gasteiger partial charge in [-0.2, -0.15) is 0 Å². The summed E-state index contributed by atoms with van der Waals surface area (Å²) < 4.78 is 17.6. The Bertz CT molecular complexity index is 2210. The van der Waals surface area contributed by atoms with Crippen molar-refractivity contribution >= 4 is 11.4 Å². The first kappa shape index (κ1) is 41.0. The summed E-state index contributed by atoms with van der Waals surface area (Å²) in [6, 6.07) is 50.7. The Morgan fingerprint density at radius 2 is 1.00 bits per heavy atom. The van der Waals surface area contributed by atoms with Crippen LogP contribution in [0.25, 0.3) is 0 Å². The number of anilines is 2. The summed E-state index contributed by atoms with van der Waals surface area (Å²) >= 11 is 0. The highest BCUT2D eigenvalue weighted by atomic mass is 16.5. The number of hydrogen-bond donors (Lipinski definition) is 1. The van der Waals surface area contributed by atoms with Crippen LogP contribution in [0.4, 0.5) is 11.4 Å². The molecule has 0 aromatic heterocycles. The van der Waals surface area contributed by atoms with Gasteiger partial charge in [0.05, 0.1) is 25.3 Å². The maximum absolute atomic E-state index is 9.74. The van der Waals surface area contributed by atoms with Crippen LogP contribution < -0.4 is 24.0 Å². The monoisotopic (exact) mass is 786 g/mol. The van der Waals surface area contributed by atoms with Gasteiger partial charge in [0, 0.05) is 24.5 Å². The number of phenols is 1. The number of rotatable bonds is 15. The number of hydrogen-bond acceptors (Lipinski definition) is 6. The molecule has 0 amide bonds. The first-order valence-corrected chi connectivity index (χ1v) is 21.3. The van der Waals surface area contributed by atoms with Gasteiger partial charge in [0.25, 0.3) is 0 Å². The van der Waals surface area contributed by atoms with E-state index >= 15 is 0 Å². The van der Waals surface area contributed by atoms with Crippen LogP contribution >= 0.6 is 0 Å². The molecule has 2 atom stereocenters. The molecule has 0 spiro atoms. The van der Waals surface area contributed by atoms with E-state index in [1.165, 1.54) is 44.8 Å². The summed E-state index contributed by atoms with van der Waals surface area (Å²) in [6.45, 7) is 12.1. The van der Waals surface area contributed by atoms with E-state index in [1.54, 1.807) is 18.2 Å². The van der Waals surface area contributed by atoms with E-state index in [-0.39, 0.29) is 12.1 Å². The Morgan fingerprint density at radius 1 is 0.559 bits per heavy atom. The summed E-state index contributed by atoms with van der Waals surface area (Å²) in [5.41, 5.74) is 10.3. The molecular formula is C53H58N2O4. The third-order valence-corrected chi connectivity index (χ3v) is 11.2. The van der Waals surface area contributed by atoms with E-state index in [0.717, 1.165) is 82.1 Å². The largest absolute Gasteiger partial charge is 0.508 e. The highest BCUT2D eigenvalue weighted by Gasteiger charge is 2.31. The van der Waals surface area contributed by atoms with Crippen LogP contribution in [0.2, 0.25) is 0 Å². The second-order valence-electron chi connectivity index (χ2n) is 15.2. The van der Waals surface area contributed by atoms with Crippen molar-refractivity contribution in [3.8, 4) is 23.0 Å². The highest BCUT2D eigenvalue weighted by molar-refractivity contribution is 5.58. The maximum atomic E-state index is 9.74. The number of phenolic OH excluding ortho intramolecular Hbond substituents is 1. The Hall–Kier alpha value is -6.14. The normalized spacial score (nSPS) is 15.6. The summed E-state index contributed by atoms with van der Waals surface area (Å²) in [5, 5.41) is 9.74. The van der Waals surface area contributed by atoms with Gasteiger partial charge in [0.15, 0.2) is 0 Å². The molecule has 0 bridgehead atoms. The number of fused-ring (bicyclic) bond motifs is 2. The third kappa shape index (κ3) is 10.3. The molecule has 0 aliphatic carbocycles. The highest BCUT2D eigenvalue weighted by Crippen LogP contribution is 2.41. The average Bonchev–Trinajstić information content (AvgIpc) is 3.29. The zero-order valence-corrected chi connectivity index (χ0v) is 34.6. The molecule has 6 aromatic rings. The Morgan fingerprint density at radius 3 is 1.44 bits per heavy atom. The van der Waals surface area contributed by atoms with Crippen molar-refractivity contribution in [3.05, 3.63) is 192 Å². The van der Waals surface area contributed by atoms with E-state index in [4.69, 9.17) is 14.2 Å². The molecule has 2 aliphatic heterocycles. The van der Waals surface area contributed by atoms with Gasteiger partial charge in [-0.3, -0.25) is 0 Å². The number of para-hydroxylation sites is 2. The average molecular weight is 787 g/mol. The number of nitrogens with zero attached hydrogens (tertiary/aromatic N) is 2. The fourth-order valence-electron chi connectivity index (χ4n) is 8.13. The van der Waals surface area contributed by atoms with E-state index in [2.05, 4.69) is 152 Å². The zero-order valence-electron chi connectivity index (χ0n) is 34.6. The fraction of sp³-hybridized carbons (Fsp3) is 0.283. The molecular weight excluding hydrogens is 729 g/mol. The van der Waals surface area contributed by atoms with Gasteiger partial charge in [0.2, 0.25) is 0 Å². The van der Waals surface area contributed by atoms with E-state index < -0.39 is 0 Å². The summed E-state index contributed by atoms with van der Waals surface area (Å²) in [7, 11) is 0. The van der Waals surface area contributed by atoms with Crippen molar-refractivity contribution in [2.24, 2.45) is 0 Å². The van der Waals surface area contributed by atoms with Crippen molar-refractivity contribution in [1.29, 1.82) is 0 Å². The topological polar surface area (TPSA) is 54.4 Å². The van der Waals surface area contributed by atoms with Crippen LogP contribution in [0.15, 0.2) is 158 Å². The standard InChI is InChI=1S/C28H31NO2.C25H27NO2/c1-3-5-20-31-26-15-16-27-23(21-26)17-18-29(24-9-7-6-8-10-24)28(27)22-11-13-25(14-12-22)30-19-4-2;1-2-3-17-28-23-13-14-24-20(18-23)15-16-26(21-7-5-4-6-8-21)25(24)19-9-11-22(27)12-10-19/h4,6-16,21,28H,2-3,5,17-20H2,1H3;4-14,18,25,27H,2-3,15-17H2,1H3. The molecule has 2 heterocycles. The van der Waals surface area contributed by atoms with Crippen molar-refractivity contribution in [1.82, 2.24) is 0 Å². The predicted octanol–water partition coefficient (Wildman–Crippen LogP) is 12.3. The lowest BCUT2D eigenvalue weighted by atomic mass is 9.87. The van der Waals surface area contributed by atoms with Gasteiger partial charge in [-0.15, -0.1) is 0 Å². The summed E-state index contributed by atoms with van der Waals surface area (Å²) in [5.74, 6) is 3.11. The van der Waals surface area contributed by atoms with E-state index in [9.17, 15) is 5.11 Å². The quantitative estimate of drug-likeness (QED) is 0.0826. The minimum Gasteiger partial charge on any atom is -0.508 e. The molecule has 0 saturated carbocycles. The summed E-state index contributed by atoms with van der Waals surface area (Å²) in [6.07, 6.45) is 8.21. The second kappa shape index (κ2) is 20.5. The predicted molar refractivity (Wildman–Crippen MR) is 243 cm³/mol. The second-order valence-corrected chi connectivity index (χ2v) is 15.2. The lowest BCUT2D eigenvalue weighted by Gasteiger charge is -2.39. The van der Waals surface area contributed by atoms with Gasteiger partial charge in [0.1, 0.15) is 29.6 Å². The maximum Gasteiger partial charge on any atom is 0.119 e. The molecule has 6 heteroatoms. The Labute approximate surface area is 351 Å². The van der Waals surface area contributed by atoms with Gasteiger partial charge in [-0.1, -0.05) is 112 Å². The van der Waals surface area contributed by atoms with Crippen molar-refractivity contribution < 1.29 is 19.3 Å². The van der Waals surface area contributed by atoms with Crippen LogP contribution in [0.3, 0.4) is 0 Å². The molecule has 6 aromatic carbocycles. The number of ether oxygens (including phenoxy) is 3. The van der Waals surface area contributed by atoms with Gasteiger partial charge >= 0.3 is 0 Å². The SMILES string of the molecule is C=CCOc1ccc(C2c3ccc(OCCCC)cc3CCN2c2ccccc2)cc1.CCCCOc1ccc2c(c1)CCN(c1ccccc1)C2c1ccc(O)cc1. The minimum atomic E-state index is 0.122. The van der Waals surface area contributed by atoms with Crippen LogP contribution in [0, 0.1) is 0 Å². The minimum absolute atomic E-state index is 0.122. The fourth-order valence-corrected chi connectivity index (χ4v) is 8.13. The lowest BCUT2D eigenvalue weighted by Crippen LogP contribution is -2.36. The molecule has 1 N–H and O–H groups in total. The molecule has 59 heavy (non-hydrogen) atoms. The van der Waals surface area contributed by atoms with E-state index in [1.807, 2.05) is 12.1 Å². The first-order valence-electron chi connectivity index (χ1n) is 21.3. The molecule has 0 radical (unpaired) electrons. The van der Waals surface area contributed by atoms with Crippen LogP contribution in [-0.2, 0) is 12.8 Å². The zero-order chi connectivity index (χ0) is 40.8. The lowest BCUT2D eigenvalue weighted by molar-refractivity contribution is 0.308. The summed E-state index contributed by atoms with van der Waals surface area (Å²) in [4.78, 5) is 4.95. The molecule has 304 valence electrons. The number of aromatic hydroxyl groups is 1. The first-order chi connectivity index (χ1) is 29.1. The van der Waals surface area contributed by atoms with Gasteiger partial charge in [-0.25, -0.2) is 0 Å². The molecule has 0 fully saturated rings. The molecule has 2 aliphatic rings.